The molecule has 2 heterocycles. The Bertz CT molecular complexity index is 782. The zero-order valence-corrected chi connectivity index (χ0v) is 13.8. The Morgan fingerprint density at radius 2 is 1.57 bits per heavy atom. The molecule has 3 rings (SSSR count). The molecule has 2 N–H and O–H groups in total. The van der Waals surface area contributed by atoms with Crippen molar-refractivity contribution in [1.29, 1.82) is 0 Å². The fourth-order valence-corrected chi connectivity index (χ4v) is 3.26. The van der Waals surface area contributed by atoms with Crippen molar-refractivity contribution in [3.63, 3.8) is 0 Å². The van der Waals surface area contributed by atoms with Crippen LogP contribution in [0.3, 0.4) is 0 Å². The van der Waals surface area contributed by atoms with Gasteiger partial charge in [-0.3, -0.25) is 0 Å². The molecule has 6 nitrogen and oxygen atoms in total. The number of aryl methyl sites for hydroxylation is 1. The molecule has 1 aliphatic rings. The number of hydrogen-bond acceptors (Lipinski definition) is 5. The van der Waals surface area contributed by atoms with E-state index in [1.54, 1.807) is 24.3 Å². The summed E-state index contributed by atoms with van der Waals surface area (Å²) in [5, 5.41) is 5.13. The maximum Gasteiger partial charge on any atom is 0.238 e. The SMILES string of the molecule is Cc1cccc(N2CCN(c3ccc(S(N)(=O)=O)cc3)CC2)n1. The topological polar surface area (TPSA) is 79.5 Å². The van der Waals surface area contributed by atoms with E-state index in [1.807, 2.05) is 25.1 Å². The Morgan fingerprint density at radius 3 is 2.13 bits per heavy atom. The highest BCUT2D eigenvalue weighted by Crippen LogP contribution is 2.21. The Labute approximate surface area is 136 Å². The predicted octanol–water partition coefficient (Wildman–Crippen LogP) is 1.36. The second-order valence-corrected chi connectivity index (χ2v) is 7.21. The fourth-order valence-electron chi connectivity index (χ4n) is 2.75. The third-order valence-corrected chi connectivity index (χ3v) is 4.94. The molecular weight excluding hydrogens is 312 g/mol. The van der Waals surface area contributed by atoms with Crippen LogP contribution in [0.5, 0.6) is 0 Å². The van der Waals surface area contributed by atoms with Gasteiger partial charge in [-0.1, -0.05) is 6.07 Å². The fraction of sp³-hybridized carbons (Fsp3) is 0.312. The van der Waals surface area contributed by atoms with Crippen LogP contribution in [0.25, 0.3) is 0 Å². The number of nitrogens with two attached hydrogens (primary N) is 1. The Kier molecular flexibility index (Phi) is 4.23. The summed E-state index contributed by atoms with van der Waals surface area (Å²) in [4.78, 5) is 9.20. The van der Waals surface area contributed by atoms with E-state index in [0.717, 1.165) is 43.4 Å². The molecule has 2 aromatic rings. The van der Waals surface area contributed by atoms with Crippen LogP contribution in [-0.4, -0.2) is 39.6 Å². The van der Waals surface area contributed by atoms with Crippen LogP contribution in [0.4, 0.5) is 11.5 Å². The number of piperazine rings is 1. The van der Waals surface area contributed by atoms with Gasteiger partial charge in [0.05, 0.1) is 4.90 Å². The van der Waals surface area contributed by atoms with Gasteiger partial charge in [0.25, 0.3) is 0 Å². The number of aromatic nitrogens is 1. The predicted molar refractivity (Wildman–Crippen MR) is 91.2 cm³/mol. The van der Waals surface area contributed by atoms with E-state index in [0.29, 0.717) is 0 Å². The van der Waals surface area contributed by atoms with Gasteiger partial charge in [0, 0.05) is 37.6 Å². The van der Waals surface area contributed by atoms with Crippen molar-refractivity contribution in [3.05, 3.63) is 48.2 Å². The molecule has 1 fully saturated rings. The summed E-state index contributed by atoms with van der Waals surface area (Å²) in [6.07, 6.45) is 0. The number of rotatable bonds is 3. The quantitative estimate of drug-likeness (QED) is 0.918. The van der Waals surface area contributed by atoms with Gasteiger partial charge in [-0.25, -0.2) is 18.5 Å². The highest BCUT2D eigenvalue weighted by Gasteiger charge is 2.18. The lowest BCUT2D eigenvalue weighted by molar-refractivity contribution is 0.597. The van der Waals surface area contributed by atoms with Crippen LogP contribution >= 0.6 is 0 Å². The van der Waals surface area contributed by atoms with Crippen molar-refractivity contribution in [2.75, 3.05) is 36.0 Å². The average Bonchev–Trinajstić information content (AvgIpc) is 2.54. The molecule has 1 aromatic carbocycles. The normalized spacial score (nSPS) is 15.7. The van der Waals surface area contributed by atoms with Crippen LogP contribution in [0, 0.1) is 6.92 Å². The largest absolute Gasteiger partial charge is 0.368 e. The minimum absolute atomic E-state index is 0.142. The second kappa shape index (κ2) is 6.17. The smallest absolute Gasteiger partial charge is 0.238 e. The third kappa shape index (κ3) is 3.62. The van der Waals surface area contributed by atoms with Gasteiger partial charge < -0.3 is 9.80 Å². The molecule has 0 saturated carbocycles. The molecule has 0 radical (unpaired) electrons. The summed E-state index contributed by atoms with van der Waals surface area (Å²) in [6.45, 7) is 5.49. The van der Waals surface area contributed by atoms with Crippen LogP contribution in [0.15, 0.2) is 47.4 Å². The van der Waals surface area contributed by atoms with Crippen molar-refractivity contribution in [1.82, 2.24) is 4.98 Å². The first-order chi connectivity index (χ1) is 10.9. The highest BCUT2D eigenvalue weighted by atomic mass is 32.2. The number of primary sulfonamides is 1. The van der Waals surface area contributed by atoms with Gasteiger partial charge in [0.15, 0.2) is 0 Å². The summed E-state index contributed by atoms with van der Waals surface area (Å²) in [6, 6.07) is 12.8. The first-order valence-corrected chi connectivity index (χ1v) is 9.04. The van der Waals surface area contributed by atoms with Gasteiger partial charge >= 0.3 is 0 Å². The number of sulfonamides is 1. The number of hydrogen-bond donors (Lipinski definition) is 1. The lowest BCUT2D eigenvalue weighted by atomic mass is 10.2. The van der Waals surface area contributed by atoms with E-state index in [-0.39, 0.29) is 4.90 Å². The standard InChI is InChI=1S/C16H20N4O2S/c1-13-3-2-4-16(18-13)20-11-9-19(10-12-20)14-5-7-15(8-6-14)23(17,21)22/h2-8H,9-12H2,1H3,(H2,17,21,22). The molecule has 7 heteroatoms. The lowest BCUT2D eigenvalue weighted by Gasteiger charge is -2.36. The van der Waals surface area contributed by atoms with Crippen molar-refractivity contribution >= 4 is 21.5 Å². The van der Waals surface area contributed by atoms with Crippen LogP contribution in [0.1, 0.15) is 5.69 Å². The van der Waals surface area contributed by atoms with E-state index in [1.165, 1.54) is 0 Å². The first-order valence-electron chi connectivity index (χ1n) is 7.50. The lowest BCUT2D eigenvalue weighted by Crippen LogP contribution is -2.46. The molecule has 122 valence electrons. The molecule has 0 spiro atoms. The molecule has 23 heavy (non-hydrogen) atoms. The number of anilines is 2. The first kappa shape index (κ1) is 15.8. The molecule has 0 bridgehead atoms. The number of benzene rings is 1. The molecule has 1 saturated heterocycles. The van der Waals surface area contributed by atoms with E-state index in [4.69, 9.17) is 5.14 Å². The Hall–Kier alpha value is -2.12. The van der Waals surface area contributed by atoms with Crippen molar-refractivity contribution in [2.24, 2.45) is 5.14 Å². The Balaban J connectivity index is 1.67. The summed E-state index contributed by atoms with van der Waals surface area (Å²) in [5.74, 6) is 1.01. The van der Waals surface area contributed by atoms with Gasteiger partial charge in [-0.05, 0) is 43.3 Å². The zero-order chi connectivity index (χ0) is 16.4. The number of nitrogens with zero attached hydrogens (tertiary/aromatic N) is 3. The molecule has 1 aliphatic heterocycles. The monoisotopic (exact) mass is 332 g/mol. The molecule has 1 aromatic heterocycles. The summed E-state index contributed by atoms with van der Waals surface area (Å²) < 4.78 is 22.6. The van der Waals surface area contributed by atoms with Crippen molar-refractivity contribution in [3.8, 4) is 0 Å². The molecule has 0 unspecified atom stereocenters. The van der Waals surface area contributed by atoms with Gasteiger partial charge in [-0.15, -0.1) is 0 Å². The molecular formula is C16H20N4O2S. The zero-order valence-electron chi connectivity index (χ0n) is 13.0. The molecule has 0 aliphatic carbocycles. The van der Waals surface area contributed by atoms with Crippen LogP contribution < -0.4 is 14.9 Å². The van der Waals surface area contributed by atoms with Crippen molar-refractivity contribution in [2.45, 2.75) is 11.8 Å². The minimum atomic E-state index is -3.63. The summed E-state index contributed by atoms with van der Waals surface area (Å²) in [7, 11) is -3.63. The van der Waals surface area contributed by atoms with Gasteiger partial charge in [-0.2, -0.15) is 0 Å². The molecule has 0 amide bonds. The maximum atomic E-state index is 11.3. The average molecular weight is 332 g/mol. The van der Waals surface area contributed by atoms with Crippen LogP contribution in [-0.2, 0) is 10.0 Å². The molecule has 0 atom stereocenters. The van der Waals surface area contributed by atoms with Crippen LogP contribution in [0.2, 0.25) is 0 Å². The van der Waals surface area contributed by atoms with E-state index < -0.39 is 10.0 Å². The third-order valence-electron chi connectivity index (χ3n) is 4.01. The highest BCUT2D eigenvalue weighted by molar-refractivity contribution is 7.89. The van der Waals surface area contributed by atoms with E-state index in [9.17, 15) is 8.42 Å². The van der Waals surface area contributed by atoms with Crippen molar-refractivity contribution < 1.29 is 8.42 Å². The van der Waals surface area contributed by atoms with E-state index in [2.05, 4.69) is 14.8 Å². The Morgan fingerprint density at radius 1 is 0.957 bits per heavy atom. The van der Waals surface area contributed by atoms with Gasteiger partial charge in [0.1, 0.15) is 5.82 Å². The summed E-state index contributed by atoms with van der Waals surface area (Å²) >= 11 is 0. The maximum absolute atomic E-state index is 11.3. The minimum Gasteiger partial charge on any atom is -0.368 e. The summed E-state index contributed by atoms with van der Waals surface area (Å²) in [5.41, 5.74) is 2.03. The number of pyridine rings is 1. The van der Waals surface area contributed by atoms with E-state index >= 15 is 0 Å². The van der Waals surface area contributed by atoms with Gasteiger partial charge in [0.2, 0.25) is 10.0 Å². The second-order valence-electron chi connectivity index (χ2n) is 5.65.